The fraction of sp³-hybridized carbons (Fsp3) is 0.250. The van der Waals surface area contributed by atoms with Gasteiger partial charge in [0, 0.05) is 35.6 Å². The van der Waals surface area contributed by atoms with Crippen LogP contribution in [0.15, 0.2) is 40.1 Å². The lowest BCUT2D eigenvalue weighted by atomic mass is 10.2. The molecule has 3 N–H and O–H groups in total. The zero-order chi connectivity index (χ0) is 15.0. The van der Waals surface area contributed by atoms with Crippen LogP contribution in [0.25, 0.3) is 0 Å². The molecule has 2 aromatic carbocycles. The zero-order valence-corrected chi connectivity index (χ0v) is 13.3. The first kappa shape index (κ1) is 13.9. The van der Waals surface area contributed by atoms with E-state index in [1.807, 2.05) is 33.2 Å². The van der Waals surface area contributed by atoms with E-state index in [1.54, 1.807) is 11.8 Å². The molecule has 2 aromatic rings. The number of hydrogen-bond donors (Lipinski definition) is 2. The van der Waals surface area contributed by atoms with E-state index < -0.39 is 0 Å². The number of hydrogen-bond acceptors (Lipinski definition) is 5. The largest absolute Gasteiger partial charge is 0.492 e. The molecule has 4 nitrogen and oxygen atoms in total. The molecule has 110 valence electrons. The third-order valence-corrected chi connectivity index (χ3v) is 4.50. The SMILES string of the molecule is CCOc1cc2c(cc1N)Sc1cc(N(C)C)ccc1N2. The van der Waals surface area contributed by atoms with Crippen molar-refractivity contribution in [3.8, 4) is 5.75 Å². The van der Waals surface area contributed by atoms with Gasteiger partial charge in [-0.25, -0.2) is 0 Å². The summed E-state index contributed by atoms with van der Waals surface area (Å²) in [6.07, 6.45) is 0. The number of nitrogens with one attached hydrogen (secondary N) is 1. The summed E-state index contributed by atoms with van der Waals surface area (Å²) in [5.41, 5.74) is 10.1. The smallest absolute Gasteiger partial charge is 0.144 e. The second-order valence-electron chi connectivity index (χ2n) is 5.12. The predicted molar refractivity (Wildman–Crippen MR) is 90.2 cm³/mol. The van der Waals surface area contributed by atoms with Gasteiger partial charge in [-0.3, -0.25) is 0 Å². The molecular formula is C16H19N3OS. The topological polar surface area (TPSA) is 50.5 Å². The molecule has 1 heterocycles. The van der Waals surface area contributed by atoms with Crippen LogP contribution < -0.4 is 20.7 Å². The minimum atomic E-state index is 0.610. The molecule has 0 atom stereocenters. The maximum absolute atomic E-state index is 6.05. The molecule has 0 fully saturated rings. The zero-order valence-electron chi connectivity index (χ0n) is 12.4. The molecule has 3 rings (SSSR count). The molecule has 0 spiro atoms. The van der Waals surface area contributed by atoms with E-state index in [-0.39, 0.29) is 0 Å². The van der Waals surface area contributed by atoms with E-state index in [9.17, 15) is 0 Å². The average molecular weight is 301 g/mol. The van der Waals surface area contributed by atoms with Crippen molar-refractivity contribution < 1.29 is 4.74 Å². The number of rotatable bonds is 3. The van der Waals surface area contributed by atoms with E-state index in [0.29, 0.717) is 12.3 Å². The van der Waals surface area contributed by atoms with E-state index in [0.717, 1.165) is 22.0 Å². The number of anilines is 4. The van der Waals surface area contributed by atoms with Gasteiger partial charge in [-0.2, -0.15) is 0 Å². The Morgan fingerprint density at radius 2 is 1.90 bits per heavy atom. The first-order chi connectivity index (χ1) is 10.1. The summed E-state index contributed by atoms with van der Waals surface area (Å²) < 4.78 is 5.56. The standard InChI is InChI=1S/C16H19N3OS/c1-4-20-14-9-13-16(8-11(14)17)21-15-7-10(19(2)3)5-6-12(15)18-13/h5-9,18H,4,17H2,1-3H3. The third kappa shape index (κ3) is 2.61. The van der Waals surface area contributed by atoms with Crippen LogP contribution in [-0.2, 0) is 0 Å². The van der Waals surface area contributed by atoms with Crippen molar-refractivity contribution in [3.05, 3.63) is 30.3 Å². The summed E-state index contributed by atoms with van der Waals surface area (Å²) in [5, 5.41) is 3.46. The minimum absolute atomic E-state index is 0.610. The van der Waals surface area contributed by atoms with Gasteiger partial charge in [0.15, 0.2) is 0 Å². The van der Waals surface area contributed by atoms with Crippen LogP contribution >= 0.6 is 11.8 Å². The second kappa shape index (κ2) is 5.41. The van der Waals surface area contributed by atoms with Gasteiger partial charge in [0.05, 0.1) is 23.7 Å². The van der Waals surface area contributed by atoms with Crippen LogP contribution in [0.4, 0.5) is 22.7 Å². The summed E-state index contributed by atoms with van der Waals surface area (Å²) >= 11 is 1.73. The van der Waals surface area contributed by atoms with Crippen molar-refractivity contribution in [1.29, 1.82) is 0 Å². The van der Waals surface area contributed by atoms with E-state index in [2.05, 4.69) is 28.4 Å². The van der Waals surface area contributed by atoms with Crippen LogP contribution in [-0.4, -0.2) is 20.7 Å². The molecule has 1 aliphatic heterocycles. The van der Waals surface area contributed by atoms with Crippen molar-refractivity contribution in [2.24, 2.45) is 0 Å². The van der Waals surface area contributed by atoms with Gasteiger partial charge in [-0.05, 0) is 31.2 Å². The first-order valence-corrected chi connectivity index (χ1v) is 7.72. The van der Waals surface area contributed by atoms with Crippen molar-refractivity contribution >= 4 is 34.5 Å². The Morgan fingerprint density at radius 3 is 2.62 bits per heavy atom. The normalized spacial score (nSPS) is 12.1. The van der Waals surface area contributed by atoms with Crippen LogP contribution in [0.1, 0.15) is 6.92 Å². The summed E-state index contributed by atoms with van der Waals surface area (Å²) in [5.74, 6) is 0.734. The van der Waals surface area contributed by atoms with Gasteiger partial charge in [0.25, 0.3) is 0 Å². The molecule has 0 saturated heterocycles. The van der Waals surface area contributed by atoms with Gasteiger partial charge < -0.3 is 20.7 Å². The number of nitrogens with zero attached hydrogens (tertiary/aromatic N) is 1. The average Bonchev–Trinajstić information content (AvgIpc) is 2.45. The van der Waals surface area contributed by atoms with Gasteiger partial charge in [0.1, 0.15) is 5.75 Å². The molecule has 0 unspecified atom stereocenters. The van der Waals surface area contributed by atoms with Crippen molar-refractivity contribution in [2.45, 2.75) is 16.7 Å². The second-order valence-corrected chi connectivity index (χ2v) is 6.20. The molecule has 0 radical (unpaired) electrons. The van der Waals surface area contributed by atoms with E-state index in [1.165, 1.54) is 10.6 Å². The highest BCUT2D eigenvalue weighted by Gasteiger charge is 2.18. The molecule has 0 aromatic heterocycles. The maximum atomic E-state index is 6.05. The number of nitrogens with two attached hydrogens (primary N) is 1. The number of nitrogen functional groups attached to an aromatic ring is 1. The highest BCUT2D eigenvalue weighted by molar-refractivity contribution is 7.99. The van der Waals surface area contributed by atoms with Crippen molar-refractivity contribution in [2.75, 3.05) is 36.7 Å². The third-order valence-electron chi connectivity index (χ3n) is 3.38. The molecule has 5 heteroatoms. The molecule has 21 heavy (non-hydrogen) atoms. The van der Waals surface area contributed by atoms with Crippen LogP contribution in [0.3, 0.4) is 0 Å². The molecule has 0 aliphatic carbocycles. The molecule has 0 saturated carbocycles. The molecule has 0 amide bonds. The first-order valence-electron chi connectivity index (χ1n) is 6.91. The lowest BCUT2D eigenvalue weighted by Crippen LogP contribution is -2.09. The van der Waals surface area contributed by atoms with Gasteiger partial charge in [-0.15, -0.1) is 0 Å². The Bertz CT molecular complexity index is 685. The summed E-state index contributed by atoms with van der Waals surface area (Å²) in [7, 11) is 4.09. The Kier molecular flexibility index (Phi) is 3.59. The quantitative estimate of drug-likeness (QED) is 0.718. The Balaban J connectivity index is 1.98. The molecular weight excluding hydrogens is 282 g/mol. The Labute approximate surface area is 129 Å². The van der Waals surface area contributed by atoms with Crippen molar-refractivity contribution in [3.63, 3.8) is 0 Å². The van der Waals surface area contributed by atoms with Gasteiger partial charge in [-0.1, -0.05) is 11.8 Å². The monoisotopic (exact) mass is 301 g/mol. The minimum Gasteiger partial charge on any atom is -0.492 e. The van der Waals surface area contributed by atoms with E-state index >= 15 is 0 Å². The Hall–Kier alpha value is -2.01. The summed E-state index contributed by atoms with van der Waals surface area (Å²) in [6, 6.07) is 10.4. The van der Waals surface area contributed by atoms with Crippen LogP contribution in [0.5, 0.6) is 5.75 Å². The van der Waals surface area contributed by atoms with Crippen molar-refractivity contribution in [1.82, 2.24) is 0 Å². The number of fused-ring (bicyclic) bond motifs is 2. The molecule has 0 bridgehead atoms. The highest BCUT2D eigenvalue weighted by atomic mass is 32.2. The number of ether oxygens (including phenoxy) is 1. The fourth-order valence-corrected chi connectivity index (χ4v) is 3.33. The lowest BCUT2D eigenvalue weighted by Gasteiger charge is -2.24. The maximum Gasteiger partial charge on any atom is 0.144 e. The summed E-state index contributed by atoms with van der Waals surface area (Å²) in [4.78, 5) is 4.43. The predicted octanol–water partition coefficient (Wildman–Crippen LogP) is 3.94. The van der Waals surface area contributed by atoms with Crippen LogP contribution in [0.2, 0.25) is 0 Å². The Morgan fingerprint density at radius 1 is 1.14 bits per heavy atom. The summed E-state index contributed by atoms with van der Waals surface area (Å²) in [6.45, 7) is 2.57. The van der Waals surface area contributed by atoms with Gasteiger partial charge in [0.2, 0.25) is 0 Å². The number of benzene rings is 2. The fourth-order valence-electron chi connectivity index (χ4n) is 2.28. The highest BCUT2D eigenvalue weighted by Crippen LogP contribution is 2.47. The van der Waals surface area contributed by atoms with Crippen LogP contribution in [0, 0.1) is 0 Å². The van der Waals surface area contributed by atoms with E-state index in [4.69, 9.17) is 10.5 Å². The molecule has 1 aliphatic rings. The van der Waals surface area contributed by atoms with Gasteiger partial charge >= 0.3 is 0 Å². The lowest BCUT2D eigenvalue weighted by molar-refractivity contribution is 0.342.